The van der Waals surface area contributed by atoms with Crippen LogP contribution in [0.4, 0.5) is 5.69 Å². The van der Waals surface area contributed by atoms with Gasteiger partial charge in [-0.3, -0.25) is 15.5 Å². The molecule has 4 rings (SSSR count). The molecule has 0 radical (unpaired) electrons. The van der Waals surface area contributed by atoms with Gasteiger partial charge in [0.15, 0.2) is 11.9 Å². The molecule has 0 bridgehead atoms. The van der Waals surface area contributed by atoms with E-state index in [0.717, 1.165) is 18.5 Å². The Balaban J connectivity index is 2.04. The third kappa shape index (κ3) is 3.66. The molecule has 0 unspecified atom stereocenters. The van der Waals surface area contributed by atoms with E-state index >= 15 is 0 Å². The second-order valence-corrected chi connectivity index (χ2v) is 8.26. The normalized spacial score (nSPS) is 24.1. The van der Waals surface area contributed by atoms with E-state index in [-0.39, 0.29) is 28.4 Å². The van der Waals surface area contributed by atoms with Gasteiger partial charge in [-0.2, -0.15) is 15.1 Å². The molecule has 9 heteroatoms. The Labute approximate surface area is 190 Å². The number of nitrogens with zero attached hydrogens (tertiary/aromatic N) is 4. The van der Waals surface area contributed by atoms with Crippen molar-refractivity contribution in [2.45, 2.75) is 37.5 Å². The highest BCUT2D eigenvalue weighted by atomic mass is 16.6. The molecular formula is C24H21N6O3+. The monoisotopic (exact) mass is 441 g/mol. The fourth-order valence-electron chi connectivity index (χ4n) is 4.62. The average molecular weight is 441 g/mol. The maximum absolute atomic E-state index is 12.1. The topological polar surface area (TPSA) is 151 Å². The summed E-state index contributed by atoms with van der Waals surface area (Å²) in [6.45, 7) is 1.89. The highest BCUT2D eigenvalue weighted by Gasteiger charge is 2.61. The van der Waals surface area contributed by atoms with Crippen LogP contribution in [0, 0.1) is 51.0 Å². The maximum atomic E-state index is 12.1. The molecule has 2 heterocycles. The van der Waals surface area contributed by atoms with E-state index < -0.39 is 22.6 Å². The molecule has 3 N–H and O–H groups in total. The van der Waals surface area contributed by atoms with Gasteiger partial charge in [-0.15, -0.1) is 0 Å². The zero-order valence-corrected chi connectivity index (χ0v) is 17.8. The number of hydrogen-bond donors (Lipinski definition) is 3. The number of non-ortho nitro benzene ring substituents is 1. The predicted molar refractivity (Wildman–Crippen MR) is 117 cm³/mol. The van der Waals surface area contributed by atoms with Gasteiger partial charge in [-0.25, -0.2) is 0 Å². The summed E-state index contributed by atoms with van der Waals surface area (Å²) in [4.78, 5) is 10.7. The second kappa shape index (κ2) is 8.33. The predicted octanol–water partition coefficient (Wildman–Crippen LogP) is 2.69. The third-order valence-electron chi connectivity index (χ3n) is 6.34. The maximum Gasteiger partial charge on any atom is 0.269 e. The first kappa shape index (κ1) is 21.9. The molecule has 1 fully saturated rings. The number of benzene rings is 1. The van der Waals surface area contributed by atoms with Crippen molar-refractivity contribution in [2.24, 2.45) is 5.92 Å². The number of rotatable bonds is 5. The van der Waals surface area contributed by atoms with Crippen molar-refractivity contribution in [1.29, 1.82) is 15.9 Å². The molecule has 0 spiro atoms. The van der Waals surface area contributed by atoms with E-state index in [1.807, 2.05) is 42.0 Å². The van der Waals surface area contributed by atoms with Crippen molar-refractivity contribution in [3.05, 3.63) is 86.9 Å². The fourth-order valence-corrected chi connectivity index (χ4v) is 4.62. The molecule has 1 saturated carbocycles. The number of allylic oxidation sites excluding steroid dienone is 2. The lowest BCUT2D eigenvalue weighted by Gasteiger charge is -2.43. The summed E-state index contributed by atoms with van der Waals surface area (Å²) in [5, 5.41) is 53.6. The van der Waals surface area contributed by atoms with Crippen LogP contribution in [0.2, 0.25) is 0 Å². The Hall–Kier alpha value is -4.30. The lowest BCUT2D eigenvalue weighted by Crippen LogP contribution is -2.66. The standard InChI is InChI=1S/C24H21N6O3/c1-15-4-2-3-11-29(15)23-21(16-5-9-19(10-6-16)30(32)33)20(14-27)22(17(12-25)13-26)28-24(23,31)18-7-8-18/h2-6,9-11,18,21,23,25,28,31H,7-8H2,1H3/q+1/t21-,23-,24-/m1/s1. The number of aromatic nitrogens is 1. The molecule has 1 aromatic heterocycles. The van der Waals surface area contributed by atoms with Crippen molar-refractivity contribution < 1.29 is 14.6 Å². The van der Waals surface area contributed by atoms with Gasteiger partial charge in [-0.1, -0.05) is 18.2 Å². The van der Waals surface area contributed by atoms with Gasteiger partial charge in [0, 0.05) is 37.1 Å². The molecule has 164 valence electrons. The molecule has 1 aliphatic heterocycles. The molecule has 9 nitrogen and oxygen atoms in total. The molecular weight excluding hydrogens is 420 g/mol. The van der Waals surface area contributed by atoms with E-state index in [9.17, 15) is 25.7 Å². The molecule has 0 saturated heterocycles. The SMILES string of the molecule is Cc1cccc[n+]1[C@@H]1[C@H](c2ccc([N+](=O)[O-])cc2)C(C#N)=C(C(=C=N)C#N)N[C@@]1(O)C1CC1. The minimum Gasteiger partial charge on any atom is -0.365 e. The van der Waals surface area contributed by atoms with Crippen molar-refractivity contribution in [1.82, 2.24) is 5.32 Å². The number of aryl methyl sites for hydroxylation is 1. The van der Waals surface area contributed by atoms with E-state index in [1.54, 1.807) is 12.1 Å². The van der Waals surface area contributed by atoms with Crippen molar-refractivity contribution in [2.75, 3.05) is 0 Å². The van der Waals surface area contributed by atoms with Gasteiger partial charge in [0.2, 0.25) is 11.8 Å². The number of aliphatic hydroxyl groups is 1. The summed E-state index contributed by atoms with van der Waals surface area (Å²) in [6.07, 6.45) is 3.33. The van der Waals surface area contributed by atoms with E-state index in [0.29, 0.717) is 5.56 Å². The Bertz CT molecular complexity index is 1290. The zero-order valence-electron chi connectivity index (χ0n) is 17.8. The largest absolute Gasteiger partial charge is 0.365 e. The van der Waals surface area contributed by atoms with E-state index in [2.05, 4.69) is 17.3 Å². The lowest BCUT2D eigenvalue weighted by molar-refractivity contribution is -0.747. The first-order chi connectivity index (χ1) is 15.8. The third-order valence-corrected chi connectivity index (χ3v) is 6.34. The fraction of sp³-hybridized carbons (Fsp3) is 0.292. The molecule has 1 aromatic carbocycles. The van der Waals surface area contributed by atoms with Crippen LogP contribution in [0.5, 0.6) is 0 Å². The van der Waals surface area contributed by atoms with Gasteiger partial charge >= 0.3 is 0 Å². The number of nitro benzene ring substituents is 1. The highest BCUT2D eigenvalue weighted by molar-refractivity contribution is 5.71. The van der Waals surface area contributed by atoms with Crippen LogP contribution in [0.3, 0.4) is 0 Å². The Morgan fingerprint density at radius 1 is 1.27 bits per heavy atom. The lowest BCUT2D eigenvalue weighted by atomic mass is 9.73. The first-order valence-electron chi connectivity index (χ1n) is 10.4. The van der Waals surface area contributed by atoms with Crippen LogP contribution in [-0.4, -0.2) is 21.6 Å². The quantitative estimate of drug-likeness (QED) is 0.213. The number of nitro groups is 1. The van der Waals surface area contributed by atoms with Crippen LogP contribution >= 0.6 is 0 Å². The van der Waals surface area contributed by atoms with Crippen molar-refractivity contribution in [3.8, 4) is 12.1 Å². The van der Waals surface area contributed by atoms with Crippen LogP contribution in [0.1, 0.15) is 36.1 Å². The van der Waals surface area contributed by atoms with E-state index in [4.69, 9.17) is 5.41 Å². The van der Waals surface area contributed by atoms with Crippen LogP contribution < -0.4 is 9.88 Å². The Kier molecular flexibility index (Phi) is 5.53. The van der Waals surface area contributed by atoms with Crippen LogP contribution in [0.25, 0.3) is 0 Å². The van der Waals surface area contributed by atoms with Crippen LogP contribution in [0.15, 0.2) is 65.5 Å². The molecule has 1 aliphatic carbocycles. The minimum absolute atomic E-state index is 0.0678. The molecule has 0 amide bonds. The summed E-state index contributed by atoms with van der Waals surface area (Å²) >= 11 is 0. The van der Waals surface area contributed by atoms with Crippen molar-refractivity contribution >= 4 is 11.6 Å². The number of nitriles is 2. The minimum atomic E-state index is -1.53. The molecule has 2 aliphatic rings. The van der Waals surface area contributed by atoms with Gasteiger partial charge < -0.3 is 10.4 Å². The summed E-state index contributed by atoms with van der Waals surface area (Å²) in [7, 11) is 0. The average Bonchev–Trinajstić information content (AvgIpc) is 3.66. The smallest absolute Gasteiger partial charge is 0.269 e. The van der Waals surface area contributed by atoms with Crippen LogP contribution in [-0.2, 0) is 0 Å². The number of pyridine rings is 1. The Morgan fingerprint density at radius 2 is 1.97 bits per heavy atom. The number of nitrogens with one attached hydrogen (secondary N) is 2. The molecule has 33 heavy (non-hydrogen) atoms. The molecule has 3 atom stereocenters. The second-order valence-electron chi connectivity index (χ2n) is 8.26. The first-order valence-corrected chi connectivity index (χ1v) is 10.4. The summed E-state index contributed by atoms with van der Waals surface area (Å²) in [6, 6.07) is 14.8. The summed E-state index contributed by atoms with van der Waals surface area (Å²) in [5.41, 5.74) is -0.157. The summed E-state index contributed by atoms with van der Waals surface area (Å²) < 4.78 is 1.89. The summed E-state index contributed by atoms with van der Waals surface area (Å²) in [5.74, 6) is 1.19. The number of hydrogen-bond acceptors (Lipinski definition) is 7. The molecule has 2 aromatic rings. The van der Waals surface area contributed by atoms with E-state index in [1.165, 1.54) is 12.1 Å². The van der Waals surface area contributed by atoms with Gasteiger partial charge in [-0.05, 0) is 24.3 Å². The van der Waals surface area contributed by atoms with Gasteiger partial charge in [0.05, 0.1) is 28.2 Å². The van der Waals surface area contributed by atoms with Gasteiger partial charge in [0.25, 0.3) is 5.69 Å². The van der Waals surface area contributed by atoms with Gasteiger partial charge in [0.1, 0.15) is 11.6 Å². The van der Waals surface area contributed by atoms with Crippen molar-refractivity contribution in [3.63, 3.8) is 0 Å². The highest BCUT2D eigenvalue weighted by Crippen LogP contribution is 2.52. The Morgan fingerprint density at radius 3 is 2.48 bits per heavy atom. The zero-order chi connectivity index (χ0) is 23.8.